The number of hydrogen-bond donors (Lipinski definition) is 0. The van der Waals surface area contributed by atoms with E-state index in [4.69, 9.17) is 4.74 Å². The van der Waals surface area contributed by atoms with Crippen molar-refractivity contribution in [1.82, 2.24) is 4.98 Å². The maximum atomic E-state index is 11.8. The molecule has 0 aromatic carbocycles. The molecule has 1 spiro atoms. The summed E-state index contributed by atoms with van der Waals surface area (Å²) in [7, 11) is 1.67. The van der Waals surface area contributed by atoms with E-state index in [1.165, 1.54) is 18.7 Å². The van der Waals surface area contributed by atoms with Crippen LogP contribution in [-0.2, 0) is 9.53 Å². The van der Waals surface area contributed by atoms with Crippen LogP contribution in [0.15, 0.2) is 12.3 Å². The Balaban J connectivity index is 1.84. The minimum atomic E-state index is -0.135. The molecule has 1 aromatic rings. The Hall–Kier alpha value is -1.95. The average molecular weight is 317 g/mol. The summed E-state index contributed by atoms with van der Waals surface area (Å²) in [5, 5.41) is 0. The lowest BCUT2D eigenvalue weighted by Crippen LogP contribution is -2.51. The van der Waals surface area contributed by atoms with E-state index < -0.39 is 0 Å². The van der Waals surface area contributed by atoms with Crippen molar-refractivity contribution in [3.8, 4) is 0 Å². The average Bonchev–Trinajstić information content (AvgIpc) is 2.52. The number of ether oxygens (including phenoxy) is 1. The van der Waals surface area contributed by atoms with Crippen LogP contribution in [0.25, 0.3) is 0 Å². The number of amides is 1. The number of pyridine rings is 1. The van der Waals surface area contributed by atoms with E-state index >= 15 is 0 Å². The molecule has 0 saturated carbocycles. The van der Waals surface area contributed by atoms with Gasteiger partial charge in [0.15, 0.2) is 5.78 Å². The lowest BCUT2D eigenvalue weighted by atomic mass is 9.77. The van der Waals surface area contributed by atoms with Gasteiger partial charge in [0, 0.05) is 39.4 Å². The first-order chi connectivity index (χ1) is 10.9. The van der Waals surface area contributed by atoms with Crippen molar-refractivity contribution >= 4 is 23.1 Å². The van der Waals surface area contributed by atoms with Crippen LogP contribution < -0.4 is 9.80 Å². The summed E-state index contributed by atoms with van der Waals surface area (Å²) in [4.78, 5) is 31.6. The van der Waals surface area contributed by atoms with E-state index in [9.17, 15) is 9.59 Å². The summed E-state index contributed by atoms with van der Waals surface area (Å²) in [5.74, 6) is -0.250. The first-order valence-corrected chi connectivity index (χ1v) is 8.00. The monoisotopic (exact) mass is 317 g/mol. The Morgan fingerprint density at radius 3 is 2.39 bits per heavy atom. The second-order valence-electron chi connectivity index (χ2n) is 6.68. The number of rotatable bonds is 3. The summed E-state index contributed by atoms with van der Waals surface area (Å²) < 4.78 is 5.36. The lowest BCUT2D eigenvalue weighted by Gasteiger charge is -2.47. The number of anilines is 2. The van der Waals surface area contributed by atoms with Gasteiger partial charge < -0.3 is 14.5 Å². The molecule has 23 heavy (non-hydrogen) atoms. The van der Waals surface area contributed by atoms with E-state index in [0.29, 0.717) is 16.8 Å². The van der Waals surface area contributed by atoms with Gasteiger partial charge in [-0.2, -0.15) is 0 Å². The molecule has 1 aromatic heterocycles. The Bertz CT molecular complexity index is 630. The molecule has 0 bridgehead atoms. The Morgan fingerprint density at radius 1 is 1.26 bits per heavy atom. The minimum Gasteiger partial charge on any atom is -0.380 e. The van der Waals surface area contributed by atoms with Gasteiger partial charge in [0.1, 0.15) is 5.69 Å². The fourth-order valence-corrected chi connectivity index (χ4v) is 3.23. The number of piperidine rings is 1. The standard InChI is InChI=1S/C17H23N3O3/c1-12(21)16-15(19(3)13(2)22)8-14(9-18-16)20-6-4-17(5-7-20)10-23-11-17/h8-9H,4-7,10-11H2,1-3H3. The van der Waals surface area contributed by atoms with Crippen LogP contribution in [0.3, 0.4) is 0 Å². The number of nitrogens with zero attached hydrogens (tertiary/aromatic N) is 3. The van der Waals surface area contributed by atoms with Gasteiger partial charge in [0.2, 0.25) is 5.91 Å². The van der Waals surface area contributed by atoms with Gasteiger partial charge in [-0.05, 0) is 18.9 Å². The van der Waals surface area contributed by atoms with Gasteiger partial charge in [-0.3, -0.25) is 9.59 Å². The van der Waals surface area contributed by atoms with Gasteiger partial charge >= 0.3 is 0 Å². The topological polar surface area (TPSA) is 62.7 Å². The quantitative estimate of drug-likeness (QED) is 0.797. The number of Topliss-reactive ketones (excluding diaryl/α,β-unsaturated/α-hetero) is 1. The maximum absolute atomic E-state index is 11.8. The fourth-order valence-electron chi connectivity index (χ4n) is 3.23. The second-order valence-corrected chi connectivity index (χ2v) is 6.68. The molecule has 0 N–H and O–H groups in total. The fraction of sp³-hybridized carbons (Fsp3) is 0.588. The van der Waals surface area contributed by atoms with Crippen LogP contribution in [0.5, 0.6) is 0 Å². The molecular formula is C17H23N3O3. The van der Waals surface area contributed by atoms with Crippen LogP contribution in [0, 0.1) is 5.41 Å². The molecule has 0 atom stereocenters. The van der Waals surface area contributed by atoms with Crippen LogP contribution in [-0.4, -0.2) is 50.0 Å². The van der Waals surface area contributed by atoms with Crippen molar-refractivity contribution in [2.75, 3.05) is 43.2 Å². The van der Waals surface area contributed by atoms with Crippen LogP contribution in [0.4, 0.5) is 11.4 Å². The summed E-state index contributed by atoms with van der Waals surface area (Å²) >= 11 is 0. The van der Waals surface area contributed by atoms with Crippen LogP contribution in [0.1, 0.15) is 37.2 Å². The van der Waals surface area contributed by atoms with Crippen molar-refractivity contribution in [2.45, 2.75) is 26.7 Å². The highest BCUT2D eigenvalue weighted by atomic mass is 16.5. The molecule has 2 aliphatic heterocycles. The summed E-state index contributed by atoms with van der Waals surface area (Å²) in [6, 6.07) is 1.90. The zero-order valence-corrected chi connectivity index (χ0v) is 14.0. The second kappa shape index (κ2) is 5.92. The molecule has 1 amide bonds. The van der Waals surface area contributed by atoms with Crippen LogP contribution in [0.2, 0.25) is 0 Å². The van der Waals surface area contributed by atoms with Gasteiger partial charge in [0.25, 0.3) is 0 Å². The van der Waals surface area contributed by atoms with E-state index in [1.807, 2.05) is 6.07 Å². The molecule has 0 radical (unpaired) electrons. The third-order valence-electron chi connectivity index (χ3n) is 5.03. The van der Waals surface area contributed by atoms with Crippen molar-refractivity contribution < 1.29 is 14.3 Å². The molecule has 3 rings (SSSR count). The normalized spacial score (nSPS) is 19.3. The van der Waals surface area contributed by atoms with E-state index in [0.717, 1.165) is 44.8 Å². The SMILES string of the molecule is CC(=O)c1ncc(N2CCC3(CC2)COC3)cc1N(C)C(C)=O. The highest BCUT2D eigenvalue weighted by Gasteiger charge is 2.41. The first kappa shape index (κ1) is 15.9. The molecule has 3 heterocycles. The number of hydrogen-bond acceptors (Lipinski definition) is 5. The number of ketones is 1. The Kier molecular flexibility index (Phi) is 4.10. The van der Waals surface area contributed by atoms with E-state index in [2.05, 4.69) is 9.88 Å². The molecule has 124 valence electrons. The van der Waals surface area contributed by atoms with Gasteiger partial charge in [-0.15, -0.1) is 0 Å². The van der Waals surface area contributed by atoms with Crippen molar-refractivity contribution in [1.29, 1.82) is 0 Å². The van der Waals surface area contributed by atoms with Gasteiger partial charge in [-0.1, -0.05) is 0 Å². The first-order valence-electron chi connectivity index (χ1n) is 8.00. The summed E-state index contributed by atoms with van der Waals surface area (Å²) in [6.07, 6.45) is 3.96. The third kappa shape index (κ3) is 2.95. The molecule has 2 saturated heterocycles. The zero-order valence-electron chi connectivity index (χ0n) is 14.0. The molecule has 6 nitrogen and oxygen atoms in total. The number of carbonyl (C=O) groups excluding carboxylic acids is 2. The lowest BCUT2D eigenvalue weighted by molar-refractivity contribution is -0.124. The smallest absolute Gasteiger partial charge is 0.223 e. The van der Waals surface area contributed by atoms with Crippen molar-refractivity contribution in [3.05, 3.63) is 18.0 Å². The summed E-state index contributed by atoms with van der Waals surface area (Å²) in [6.45, 7) is 6.61. The molecule has 6 heteroatoms. The van der Waals surface area contributed by atoms with E-state index in [-0.39, 0.29) is 11.7 Å². The predicted octanol–water partition coefficient (Wildman–Crippen LogP) is 1.88. The Morgan fingerprint density at radius 2 is 1.91 bits per heavy atom. The van der Waals surface area contributed by atoms with Gasteiger partial charge in [-0.25, -0.2) is 4.98 Å². The van der Waals surface area contributed by atoms with Crippen LogP contribution >= 0.6 is 0 Å². The molecule has 0 aliphatic carbocycles. The van der Waals surface area contributed by atoms with Crippen molar-refractivity contribution in [3.63, 3.8) is 0 Å². The number of aromatic nitrogens is 1. The zero-order chi connectivity index (χ0) is 16.6. The molecule has 0 unspecified atom stereocenters. The molecular weight excluding hydrogens is 294 g/mol. The predicted molar refractivity (Wildman–Crippen MR) is 88.0 cm³/mol. The Labute approximate surface area is 136 Å². The largest absolute Gasteiger partial charge is 0.380 e. The highest BCUT2D eigenvalue weighted by Crippen LogP contribution is 2.39. The maximum Gasteiger partial charge on any atom is 0.223 e. The van der Waals surface area contributed by atoms with Gasteiger partial charge in [0.05, 0.1) is 30.8 Å². The van der Waals surface area contributed by atoms with Crippen molar-refractivity contribution in [2.24, 2.45) is 5.41 Å². The molecule has 2 aliphatic rings. The van der Waals surface area contributed by atoms with E-state index in [1.54, 1.807) is 13.2 Å². The number of carbonyl (C=O) groups is 2. The minimum absolute atomic E-state index is 0.115. The highest BCUT2D eigenvalue weighted by molar-refractivity contribution is 6.03. The third-order valence-corrected chi connectivity index (χ3v) is 5.03. The molecule has 2 fully saturated rings. The summed E-state index contributed by atoms with van der Waals surface area (Å²) in [5.41, 5.74) is 2.26.